The van der Waals surface area contributed by atoms with Crippen LogP contribution in [0.1, 0.15) is 23.9 Å². The van der Waals surface area contributed by atoms with Crippen LogP contribution in [0.15, 0.2) is 52.9 Å². The molecule has 0 unspecified atom stereocenters. The lowest BCUT2D eigenvalue weighted by Crippen LogP contribution is -2.27. The van der Waals surface area contributed by atoms with E-state index in [4.69, 9.17) is 0 Å². The number of anilines is 1. The van der Waals surface area contributed by atoms with Gasteiger partial charge in [-0.05, 0) is 36.8 Å². The summed E-state index contributed by atoms with van der Waals surface area (Å²) in [5.74, 6) is -1.71. The summed E-state index contributed by atoms with van der Waals surface area (Å²) in [4.78, 5) is 13.6. The SMILES string of the molecule is CC(=O)N(Cc1ccc(-c2nnc(C(F)(F)F)o2)cc1)c1ccc(C)cc1. The van der Waals surface area contributed by atoms with E-state index >= 15 is 0 Å². The number of hydrogen-bond donors (Lipinski definition) is 0. The molecule has 0 saturated carbocycles. The van der Waals surface area contributed by atoms with Gasteiger partial charge in [0, 0.05) is 18.2 Å². The molecule has 0 aliphatic carbocycles. The minimum atomic E-state index is -4.68. The fourth-order valence-electron chi connectivity index (χ4n) is 2.50. The van der Waals surface area contributed by atoms with Gasteiger partial charge < -0.3 is 9.32 Å². The lowest BCUT2D eigenvalue weighted by Gasteiger charge is -2.21. The number of aryl methyl sites for hydroxylation is 1. The number of amides is 1. The Morgan fingerprint density at radius 3 is 2.19 bits per heavy atom. The summed E-state index contributed by atoms with van der Waals surface area (Å²) in [6.45, 7) is 3.77. The second kappa shape index (κ2) is 7.22. The zero-order chi connectivity index (χ0) is 19.6. The molecule has 1 amide bonds. The van der Waals surface area contributed by atoms with Gasteiger partial charge in [0.05, 0.1) is 6.54 Å². The average molecular weight is 375 g/mol. The van der Waals surface area contributed by atoms with E-state index in [0.29, 0.717) is 12.1 Å². The number of carbonyl (C=O) groups excluding carboxylic acids is 1. The normalized spacial score (nSPS) is 11.4. The molecule has 0 aliphatic heterocycles. The maximum Gasteiger partial charge on any atom is 0.470 e. The fourth-order valence-corrected chi connectivity index (χ4v) is 2.50. The summed E-state index contributed by atoms with van der Waals surface area (Å²) in [7, 11) is 0. The van der Waals surface area contributed by atoms with Gasteiger partial charge in [0.25, 0.3) is 0 Å². The summed E-state index contributed by atoms with van der Waals surface area (Å²) >= 11 is 0. The van der Waals surface area contributed by atoms with E-state index in [9.17, 15) is 18.0 Å². The van der Waals surface area contributed by atoms with Gasteiger partial charge in [0.1, 0.15) is 0 Å². The fraction of sp³-hybridized carbons (Fsp3) is 0.211. The van der Waals surface area contributed by atoms with Crippen molar-refractivity contribution < 1.29 is 22.4 Å². The van der Waals surface area contributed by atoms with E-state index in [2.05, 4.69) is 14.6 Å². The minimum Gasteiger partial charge on any atom is -0.413 e. The monoisotopic (exact) mass is 375 g/mol. The van der Waals surface area contributed by atoms with E-state index in [1.807, 2.05) is 31.2 Å². The molecule has 5 nitrogen and oxygen atoms in total. The van der Waals surface area contributed by atoms with E-state index in [0.717, 1.165) is 16.8 Å². The molecule has 0 saturated heterocycles. The Balaban J connectivity index is 1.79. The zero-order valence-corrected chi connectivity index (χ0v) is 14.6. The number of hydrogen-bond acceptors (Lipinski definition) is 4. The van der Waals surface area contributed by atoms with Crippen LogP contribution in [-0.2, 0) is 17.5 Å². The van der Waals surface area contributed by atoms with Crippen LogP contribution in [0.25, 0.3) is 11.5 Å². The first kappa shape index (κ1) is 18.6. The van der Waals surface area contributed by atoms with Gasteiger partial charge in [-0.25, -0.2) is 0 Å². The molecule has 0 spiro atoms. The van der Waals surface area contributed by atoms with Crippen LogP contribution in [0.4, 0.5) is 18.9 Å². The highest BCUT2D eigenvalue weighted by molar-refractivity contribution is 5.91. The number of benzene rings is 2. The molecule has 3 rings (SSSR count). The molecule has 1 aromatic heterocycles. The van der Waals surface area contributed by atoms with Gasteiger partial charge in [0.2, 0.25) is 11.8 Å². The molecule has 8 heteroatoms. The third-order valence-electron chi connectivity index (χ3n) is 3.93. The van der Waals surface area contributed by atoms with Crippen molar-refractivity contribution in [2.75, 3.05) is 4.90 Å². The third kappa shape index (κ3) is 4.33. The molecule has 0 aliphatic rings. The molecule has 3 aromatic rings. The molecule has 0 bridgehead atoms. The van der Waals surface area contributed by atoms with Gasteiger partial charge in [-0.15, -0.1) is 10.2 Å². The Morgan fingerprint density at radius 2 is 1.67 bits per heavy atom. The van der Waals surface area contributed by atoms with Crippen molar-refractivity contribution in [2.24, 2.45) is 0 Å². The average Bonchev–Trinajstić information content (AvgIpc) is 3.11. The second-order valence-electron chi connectivity index (χ2n) is 6.05. The number of halogens is 3. The maximum absolute atomic E-state index is 12.6. The van der Waals surface area contributed by atoms with Crippen LogP contribution < -0.4 is 4.90 Å². The summed E-state index contributed by atoms with van der Waals surface area (Å²) in [5, 5.41) is 6.44. The number of alkyl halides is 3. The van der Waals surface area contributed by atoms with Crippen LogP contribution in [0.5, 0.6) is 0 Å². The summed E-state index contributed by atoms with van der Waals surface area (Å²) in [6, 6.07) is 14.1. The van der Waals surface area contributed by atoms with Crippen LogP contribution in [0.2, 0.25) is 0 Å². The van der Waals surface area contributed by atoms with Gasteiger partial charge in [-0.2, -0.15) is 13.2 Å². The number of nitrogens with zero attached hydrogens (tertiary/aromatic N) is 3. The summed E-state index contributed by atoms with van der Waals surface area (Å²) in [6.07, 6.45) is -4.68. The first-order valence-electron chi connectivity index (χ1n) is 8.09. The minimum absolute atomic E-state index is 0.116. The second-order valence-corrected chi connectivity index (χ2v) is 6.05. The van der Waals surface area contributed by atoms with Crippen molar-refractivity contribution in [1.29, 1.82) is 0 Å². The number of carbonyl (C=O) groups is 1. The predicted molar refractivity (Wildman–Crippen MR) is 92.8 cm³/mol. The van der Waals surface area contributed by atoms with E-state index in [1.165, 1.54) is 6.92 Å². The van der Waals surface area contributed by atoms with Crippen molar-refractivity contribution in [2.45, 2.75) is 26.6 Å². The first-order valence-corrected chi connectivity index (χ1v) is 8.09. The maximum atomic E-state index is 12.6. The van der Waals surface area contributed by atoms with Gasteiger partial charge in [-0.3, -0.25) is 4.79 Å². The van der Waals surface area contributed by atoms with Crippen LogP contribution in [0.3, 0.4) is 0 Å². The molecule has 27 heavy (non-hydrogen) atoms. The molecule has 0 atom stereocenters. The molecule has 140 valence electrons. The van der Waals surface area contributed by atoms with Crippen LogP contribution >= 0.6 is 0 Å². The van der Waals surface area contributed by atoms with Gasteiger partial charge >= 0.3 is 12.1 Å². The Hall–Kier alpha value is -3.16. The highest BCUT2D eigenvalue weighted by Gasteiger charge is 2.38. The van der Waals surface area contributed by atoms with Gasteiger partial charge in [-0.1, -0.05) is 29.8 Å². The topological polar surface area (TPSA) is 59.2 Å². The quantitative estimate of drug-likeness (QED) is 0.668. The van der Waals surface area contributed by atoms with Crippen molar-refractivity contribution in [3.05, 3.63) is 65.5 Å². The van der Waals surface area contributed by atoms with E-state index < -0.39 is 12.1 Å². The molecular formula is C19H16F3N3O2. The lowest BCUT2D eigenvalue weighted by atomic mass is 10.1. The third-order valence-corrected chi connectivity index (χ3v) is 3.93. The molecule has 2 aromatic carbocycles. The Bertz CT molecular complexity index is 932. The molecule has 0 N–H and O–H groups in total. The van der Waals surface area contributed by atoms with Crippen LogP contribution in [0, 0.1) is 6.92 Å². The number of aromatic nitrogens is 2. The van der Waals surface area contributed by atoms with E-state index in [-0.39, 0.29) is 11.8 Å². The van der Waals surface area contributed by atoms with Gasteiger partial charge in [0.15, 0.2) is 0 Å². The largest absolute Gasteiger partial charge is 0.470 e. The zero-order valence-electron chi connectivity index (χ0n) is 14.6. The molecular weight excluding hydrogens is 359 g/mol. The standard InChI is InChI=1S/C19H16F3N3O2/c1-12-3-9-16(10-4-12)25(13(2)26)11-14-5-7-15(8-6-14)17-23-24-18(27-17)19(20,21)22/h3-10H,11H2,1-2H3. The summed E-state index contributed by atoms with van der Waals surface area (Å²) < 4.78 is 42.3. The highest BCUT2D eigenvalue weighted by atomic mass is 19.4. The smallest absolute Gasteiger partial charge is 0.413 e. The van der Waals surface area contributed by atoms with E-state index in [1.54, 1.807) is 29.2 Å². The highest BCUT2D eigenvalue weighted by Crippen LogP contribution is 2.30. The summed E-state index contributed by atoms with van der Waals surface area (Å²) in [5.41, 5.74) is 3.03. The predicted octanol–water partition coefficient (Wildman–Crippen LogP) is 4.62. The Kier molecular flexibility index (Phi) is 4.98. The molecule has 0 radical (unpaired) electrons. The first-order chi connectivity index (χ1) is 12.7. The molecule has 1 heterocycles. The lowest BCUT2D eigenvalue weighted by molar-refractivity contribution is -0.156. The Morgan fingerprint density at radius 1 is 1.04 bits per heavy atom. The van der Waals surface area contributed by atoms with Crippen molar-refractivity contribution >= 4 is 11.6 Å². The van der Waals surface area contributed by atoms with Crippen molar-refractivity contribution in [1.82, 2.24) is 10.2 Å². The number of rotatable bonds is 4. The van der Waals surface area contributed by atoms with Crippen molar-refractivity contribution in [3.63, 3.8) is 0 Å². The Labute approximate surface area is 153 Å². The van der Waals surface area contributed by atoms with Crippen molar-refractivity contribution in [3.8, 4) is 11.5 Å². The molecule has 0 fully saturated rings. The van der Waals surface area contributed by atoms with Crippen LogP contribution in [-0.4, -0.2) is 16.1 Å².